The molecular weight excluding hydrogens is 883 g/mol. The van der Waals surface area contributed by atoms with Crippen LogP contribution < -0.4 is 0 Å². The van der Waals surface area contributed by atoms with E-state index in [1.807, 2.05) is 41.5 Å². The first kappa shape index (κ1) is 44.8. The van der Waals surface area contributed by atoms with E-state index in [0.717, 1.165) is 53.6 Å². The number of ketones is 1. The third-order valence-corrected chi connectivity index (χ3v) is 13.0. The van der Waals surface area contributed by atoms with E-state index in [1.54, 1.807) is 11.3 Å². The molecule has 1 N–H and O–H groups in total. The number of carbonyl (C=O) groups excluding carboxylic acids is 1. The van der Waals surface area contributed by atoms with Gasteiger partial charge in [-0.3, -0.25) is 9.78 Å². The number of hydrogen-bond acceptors (Lipinski definition) is 4. The summed E-state index contributed by atoms with van der Waals surface area (Å²) in [6, 6.07) is 32.2. The van der Waals surface area contributed by atoms with Crippen LogP contribution in [0.5, 0.6) is 0 Å². The van der Waals surface area contributed by atoms with Crippen molar-refractivity contribution in [1.82, 2.24) is 4.98 Å². The van der Waals surface area contributed by atoms with Gasteiger partial charge in [0.25, 0.3) is 0 Å². The SMILES string of the molecule is CCC(C)(CC)C(=O)/C=C(\O)C(C)(CC)CC.Cc1cc(CC(C)C)cc(C)c1-c1cc(-c2[c-]c3ccccc3c(-c3ccccc3)c2)nc2scc(C)c12.[Ir]. The molecule has 0 saturated carbocycles. The van der Waals surface area contributed by atoms with Crippen LogP contribution in [0.15, 0.2) is 96.1 Å². The summed E-state index contributed by atoms with van der Waals surface area (Å²) in [5, 5.41) is 16.0. The van der Waals surface area contributed by atoms with Crippen LogP contribution in [0.25, 0.3) is 54.5 Å². The molecule has 0 saturated heterocycles. The van der Waals surface area contributed by atoms with Crippen molar-refractivity contribution in [1.29, 1.82) is 0 Å². The van der Waals surface area contributed by atoms with Gasteiger partial charge in [-0.15, -0.1) is 34.9 Å². The molecular formula is C51H60IrNO2S-. The number of thiophene rings is 1. The minimum Gasteiger partial charge on any atom is -0.512 e. The fraction of sp³-hybridized carbons (Fsp3) is 0.373. The second kappa shape index (κ2) is 19.0. The Bertz CT molecular complexity index is 2290. The van der Waals surface area contributed by atoms with Gasteiger partial charge in [-0.2, -0.15) is 0 Å². The first-order chi connectivity index (χ1) is 26.2. The summed E-state index contributed by atoms with van der Waals surface area (Å²) in [5.74, 6) is 0.925. The summed E-state index contributed by atoms with van der Waals surface area (Å²) in [6.07, 6.45) is 5.86. The summed E-state index contributed by atoms with van der Waals surface area (Å²) in [5.41, 5.74) is 11.8. The number of rotatable bonds is 12. The summed E-state index contributed by atoms with van der Waals surface area (Å²) < 4.78 is 0. The zero-order chi connectivity index (χ0) is 40.1. The molecule has 6 rings (SSSR count). The minimum absolute atomic E-state index is 0. The standard InChI is InChI=1S/C36H32NS.C15H28O2.Ir/c1-22(2)15-26-16-23(3)34(24(4)17-26)32-20-33(37-36-35(32)25(5)21-38-36)29-18-28-13-9-10-14-30(28)31(19-29)27-11-7-6-8-12-27;1-7-14(5,8-2)12(16)11-13(17)15(6,9-3)10-4;/h6-14,16-17,19-22H,15H2,1-5H3;11,16H,7-10H2,1-6H3;/q-1;;/b;12-11-;. The first-order valence-electron chi connectivity index (χ1n) is 20.1. The quantitative estimate of drug-likeness (QED) is 0.0755. The van der Waals surface area contributed by atoms with E-state index >= 15 is 0 Å². The van der Waals surface area contributed by atoms with Gasteiger partial charge in [-0.1, -0.05) is 139 Å². The molecule has 4 aromatic carbocycles. The molecule has 1 radical (unpaired) electrons. The third-order valence-electron chi connectivity index (χ3n) is 12.0. The molecule has 0 aliphatic heterocycles. The molecule has 2 aromatic heterocycles. The van der Waals surface area contributed by atoms with Crippen molar-refractivity contribution < 1.29 is 30.0 Å². The normalized spacial score (nSPS) is 12.1. The zero-order valence-corrected chi connectivity index (χ0v) is 38.5. The predicted molar refractivity (Wildman–Crippen MR) is 238 cm³/mol. The van der Waals surface area contributed by atoms with E-state index in [0.29, 0.717) is 5.92 Å². The molecule has 0 unspecified atom stereocenters. The Morgan fingerprint density at radius 2 is 1.39 bits per heavy atom. The van der Waals surface area contributed by atoms with E-state index in [2.05, 4.69) is 125 Å². The largest absolute Gasteiger partial charge is 0.512 e. The molecule has 3 nitrogen and oxygen atoms in total. The number of aliphatic hydroxyl groups excluding tert-OH is 1. The van der Waals surface area contributed by atoms with Gasteiger partial charge in [0.2, 0.25) is 0 Å². The van der Waals surface area contributed by atoms with Gasteiger partial charge in [0, 0.05) is 48.1 Å². The molecule has 5 heteroatoms. The van der Waals surface area contributed by atoms with Crippen LogP contribution in [0.2, 0.25) is 0 Å². The van der Waals surface area contributed by atoms with Crippen LogP contribution in [0, 0.1) is 43.6 Å². The van der Waals surface area contributed by atoms with Gasteiger partial charge in [0.05, 0.1) is 0 Å². The molecule has 0 atom stereocenters. The van der Waals surface area contributed by atoms with Crippen LogP contribution in [-0.4, -0.2) is 15.9 Å². The number of carbonyl (C=O) groups is 1. The predicted octanol–water partition coefficient (Wildman–Crippen LogP) is 15.0. The topological polar surface area (TPSA) is 50.2 Å². The van der Waals surface area contributed by atoms with Gasteiger partial charge in [0.15, 0.2) is 5.78 Å². The molecule has 0 fully saturated rings. The number of fused-ring (bicyclic) bond motifs is 2. The number of aromatic nitrogens is 1. The molecule has 0 aliphatic rings. The van der Waals surface area contributed by atoms with Crippen LogP contribution in [0.3, 0.4) is 0 Å². The van der Waals surface area contributed by atoms with E-state index in [9.17, 15) is 9.90 Å². The summed E-state index contributed by atoms with van der Waals surface area (Å²) >= 11 is 1.73. The van der Waals surface area contributed by atoms with Gasteiger partial charge < -0.3 is 5.11 Å². The second-order valence-electron chi connectivity index (χ2n) is 16.3. The number of pyridine rings is 1. The van der Waals surface area contributed by atoms with E-state index < -0.39 is 0 Å². The second-order valence-corrected chi connectivity index (χ2v) is 17.2. The van der Waals surface area contributed by atoms with Crippen molar-refractivity contribution in [3.05, 3.63) is 124 Å². The maximum Gasteiger partial charge on any atom is 0.164 e. The van der Waals surface area contributed by atoms with Gasteiger partial charge in [0.1, 0.15) is 10.6 Å². The number of aliphatic hydroxyl groups is 1. The number of aryl methyl sites for hydroxylation is 3. The van der Waals surface area contributed by atoms with E-state index in [4.69, 9.17) is 4.98 Å². The average Bonchev–Trinajstić information content (AvgIpc) is 3.56. The molecule has 6 aromatic rings. The Labute approximate surface area is 354 Å². The molecule has 0 spiro atoms. The fourth-order valence-corrected chi connectivity index (χ4v) is 8.45. The maximum atomic E-state index is 12.2. The monoisotopic (exact) mass is 943 g/mol. The Morgan fingerprint density at radius 3 is 1.98 bits per heavy atom. The molecule has 0 amide bonds. The number of nitrogens with zero attached hydrogens (tertiary/aromatic N) is 1. The third kappa shape index (κ3) is 9.62. The van der Waals surface area contributed by atoms with E-state index in [1.165, 1.54) is 61.4 Å². The van der Waals surface area contributed by atoms with Crippen molar-refractivity contribution in [2.24, 2.45) is 16.7 Å². The molecule has 297 valence electrons. The van der Waals surface area contributed by atoms with Gasteiger partial charge in [-0.05, 0) is 103 Å². The van der Waals surface area contributed by atoms with Crippen LogP contribution in [0.4, 0.5) is 0 Å². The Balaban J connectivity index is 0.000000330. The zero-order valence-electron chi connectivity index (χ0n) is 35.3. The summed E-state index contributed by atoms with van der Waals surface area (Å²) in [4.78, 5) is 18.5. The molecule has 2 heterocycles. The van der Waals surface area contributed by atoms with Crippen molar-refractivity contribution in [3.63, 3.8) is 0 Å². The molecule has 56 heavy (non-hydrogen) atoms. The average molecular weight is 943 g/mol. The maximum absolute atomic E-state index is 12.2. The van der Waals surface area contributed by atoms with Crippen LogP contribution in [-0.2, 0) is 31.3 Å². The Kier molecular flexibility index (Phi) is 15.2. The van der Waals surface area contributed by atoms with Crippen LogP contribution in [0.1, 0.15) is 103 Å². The van der Waals surface area contributed by atoms with Crippen molar-refractivity contribution in [3.8, 4) is 33.5 Å². The van der Waals surface area contributed by atoms with Crippen molar-refractivity contribution in [2.45, 2.75) is 108 Å². The van der Waals surface area contributed by atoms with Gasteiger partial charge >= 0.3 is 0 Å². The molecule has 0 bridgehead atoms. The first-order valence-corrected chi connectivity index (χ1v) is 21.0. The number of hydrogen-bond donors (Lipinski definition) is 1. The number of benzene rings is 4. The van der Waals surface area contributed by atoms with Crippen molar-refractivity contribution in [2.75, 3.05) is 0 Å². The van der Waals surface area contributed by atoms with Crippen molar-refractivity contribution >= 4 is 38.1 Å². The Morgan fingerprint density at radius 1 is 0.804 bits per heavy atom. The van der Waals surface area contributed by atoms with E-state index in [-0.39, 0.29) is 42.5 Å². The Hall–Kier alpha value is -3.89. The minimum atomic E-state index is -0.337. The van der Waals surface area contributed by atoms with Crippen LogP contribution >= 0.6 is 11.3 Å². The summed E-state index contributed by atoms with van der Waals surface area (Å²) in [7, 11) is 0. The smallest absolute Gasteiger partial charge is 0.164 e. The fourth-order valence-electron chi connectivity index (χ4n) is 7.50. The number of allylic oxidation sites excluding steroid dienone is 2. The molecule has 0 aliphatic carbocycles. The van der Waals surface area contributed by atoms with Gasteiger partial charge in [-0.25, -0.2) is 0 Å². The summed E-state index contributed by atoms with van der Waals surface area (Å²) in [6.45, 7) is 23.4.